The third-order valence-corrected chi connectivity index (χ3v) is 1.23. The smallest absolute Gasteiger partial charge is 0.203 e. The Morgan fingerprint density at radius 2 is 1.78 bits per heavy atom. The van der Waals surface area contributed by atoms with Gasteiger partial charge >= 0.3 is 0 Å². The van der Waals surface area contributed by atoms with Crippen molar-refractivity contribution in [3.05, 3.63) is 0 Å². The Kier molecular flexibility index (Phi) is 4.16. The fourth-order valence-corrected chi connectivity index (χ4v) is 1.00. The highest BCUT2D eigenvalue weighted by molar-refractivity contribution is 7.70. The second-order valence-corrected chi connectivity index (χ2v) is 4.55. The summed E-state index contributed by atoms with van der Waals surface area (Å²) in [6, 6.07) is 0. The Balaban J connectivity index is 3.52. The standard InChI is InChI=1S/C2H4Cl3NO2S/c3-2(4,5)1-6-9(7)8/h9H,1H2,(H,6,7,8). The SMILES string of the molecule is O=[SH](=O)NCC(Cl)(Cl)Cl. The van der Waals surface area contributed by atoms with E-state index in [9.17, 15) is 8.42 Å². The second kappa shape index (κ2) is 3.83. The van der Waals surface area contributed by atoms with Crippen LogP contribution in [-0.4, -0.2) is 18.8 Å². The van der Waals surface area contributed by atoms with Crippen LogP contribution in [0.25, 0.3) is 0 Å². The van der Waals surface area contributed by atoms with Gasteiger partial charge in [-0.05, 0) is 0 Å². The summed E-state index contributed by atoms with van der Waals surface area (Å²) in [5.41, 5.74) is 0. The van der Waals surface area contributed by atoms with E-state index < -0.39 is 14.7 Å². The van der Waals surface area contributed by atoms with Crippen molar-refractivity contribution in [2.24, 2.45) is 0 Å². The molecule has 0 aliphatic carbocycles. The minimum atomic E-state index is -2.67. The molecule has 0 saturated carbocycles. The molecule has 56 valence electrons. The van der Waals surface area contributed by atoms with Gasteiger partial charge in [0.1, 0.15) is 0 Å². The Hall–Kier alpha value is 0.780. The first-order valence-electron chi connectivity index (χ1n) is 1.86. The van der Waals surface area contributed by atoms with Crippen molar-refractivity contribution < 1.29 is 8.42 Å². The van der Waals surface area contributed by atoms with Gasteiger partial charge < -0.3 is 0 Å². The molecule has 0 amide bonds. The first-order valence-corrected chi connectivity index (χ1v) is 4.17. The van der Waals surface area contributed by atoms with E-state index >= 15 is 0 Å². The van der Waals surface area contributed by atoms with Gasteiger partial charge in [-0.25, -0.2) is 13.1 Å². The zero-order valence-electron chi connectivity index (χ0n) is 4.10. The summed E-state index contributed by atoms with van der Waals surface area (Å²) in [5.74, 6) is 0. The highest BCUT2D eigenvalue weighted by Crippen LogP contribution is 2.24. The van der Waals surface area contributed by atoms with Gasteiger partial charge in [-0.3, -0.25) is 0 Å². The molecule has 1 N–H and O–H groups in total. The summed E-state index contributed by atoms with van der Waals surface area (Å²) in [6.45, 7) is -0.198. The molecule has 0 rings (SSSR count). The lowest BCUT2D eigenvalue weighted by atomic mass is 10.8. The van der Waals surface area contributed by atoms with Gasteiger partial charge in [-0.1, -0.05) is 34.8 Å². The molecule has 0 bridgehead atoms. The molecule has 0 aliphatic heterocycles. The predicted molar refractivity (Wildman–Crippen MR) is 38.6 cm³/mol. The van der Waals surface area contributed by atoms with Crippen LogP contribution in [0, 0.1) is 0 Å². The number of rotatable bonds is 2. The van der Waals surface area contributed by atoms with Crippen LogP contribution in [0.5, 0.6) is 0 Å². The van der Waals surface area contributed by atoms with Gasteiger partial charge in [0.15, 0.2) is 0 Å². The highest BCUT2D eigenvalue weighted by Gasteiger charge is 2.18. The number of thiol groups is 1. The molecule has 7 heteroatoms. The summed E-state index contributed by atoms with van der Waals surface area (Å²) in [4.78, 5) is 0. The number of halogens is 3. The first-order chi connectivity index (χ1) is 3.92. The fraction of sp³-hybridized carbons (Fsp3) is 1.00. The molecular formula is C2H4Cl3NO2S. The maximum Gasteiger partial charge on any atom is 0.203 e. The lowest BCUT2D eigenvalue weighted by molar-refractivity contribution is 0.602. The van der Waals surface area contributed by atoms with Crippen molar-refractivity contribution in [3.63, 3.8) is 0 Å². The third-order valence-electron chi connectivity index (χ3n) is 0.409. The van der Waals surface area contributed by atoms with Crippen molar-refractivity contribution >= 4 is 45.7 Å². The quantitative estimate of drug-likeness (QED) is 0.516. The first kappa shape index (κ1) is 9.78. The summed E-state index contributed by atoms with van der Waals surface area (Å²) >= 11 is 15.5. The van der Waals surface area contributed by atoms with Crippen LogP contribution in [0.4, 0.5) is 0 Å². The summed E-state index contributed by atoms with van der Waals surface area (Å²) in [7, 11) is -2.67. The van der Waals surface area contributed by atoms with Crippen LogP contribution in [0.3, 0.4) is 0 Å². The van der Waals surface area contributed by atoms with Gasteiger partial charge in [0.25, 0.3) is 0 Å². The van der Waals surface area contributed by atoms with Crippen LogP contribution in [0.2, 0.25) is 0 Å². The van der Waals surface area contributed by atoms with E-state index in [2.05, 4.69) is 0 Å². The Morgan fingerprint density at radius 1 is 1.33 bits per heavy atom. The molecule has 9 heavy (non-hydrogen) atoms. The topological polar surface area (TPSA) is 46.2 Å². The molecule has 0 atom stereocenters. The van der Waals surface area contributed by atoms with Gasteiger partial charge in [-0.2, -0.15) is 0 Å². The van der Waals surface area contributed by atoms with E-state index in [0.29, 0.717) is 0 Å². The number of hydrogen-bond donors (Lipinski definition) is 2. The van der Waals surface area contributed by atoms with Crippen LogP contribution >= 0.6 is 34.8 Å². The fourth-order valence-electron chi connectivity index (χ4n) is 0.154. The molecule has 0 spiro atoms. The van der Waals surface area contributed by atoms with Crippen LogP contribution in [0.1, 0.15) is 0 Å². The lowest BCUT2D eigenvalue weighted by Gasteiger charge is -2.06. The predicted octanol–water partition coefficient (Wildman–Crippen LogP) is 0.473. The van der Waals surface area contributed by atoms with Crippen LogP contribution in [0.15, 0.2) is 0 Å². The largest absolute Gasteiger partial charge is 0.216 e. The zero-order chi connectivity index (χ0) is 7.49. The summed E-state index contributed by atoms with van der Waals surface area (Å²) < 4.78 is 20.0. The third kappa shape index (κ3) is 8.78. The van der Waals surface area contributed by atoms with E-state index in [0.717, 1.165) is 0 Å². The summed E-state index contributed by atoms with van der Waals surface area (Å²) in [6.07, 6.45) is 0. The molecule has 0 aromatic carbocycles. The molecule has 0 aromatic heterocycles. The molecule has 0 unspecified atom stereocenters. The average molecular weight is 212 g/mol. The zero-order valence-corrected chi connectivity index (χ0v) is 7.27. The van der Waals surface area contributed by atoms with E-state index in [1.165, 1.54) is 0 Å². The Labute approximate surface area is 69.4 Å². The van der Waals surface area contributed by atoms with Gasteiger partial charge in [0.2, 0.25) is 14.7 Å². The van der Waals surface area contributed by atoms with Gasteiger partial charge in [0.05, 0.1) is 6.54 Å². The van der Waals surface area contributed by atoms with Crippen LogP contribution < -0.4 is 4.72 Å². The minimum absolute atomic E-state index is 0.198. The van der Waals surface area contributed by atoms with Crippen LogP contribution in [-0.2, 0) is 10.9 Å². The molecule has 0 aliphatic rings. The molecule has 3 nitrogen and oxygen atoms in total. The van der Waals surface area contributed by atoms with Crippen molar-refractivity contribution in [1.29, 1.82) is 0 Å². The minimum Gasteiger partial charge on any atom is -0.216 e. The molecule has 0 fully saturated rings. The average Bonchev–Trinajstić information content (AvgIpc) is 1.59. The number of hydrogen-bond acceptors (Lipinski definition) is 2. The molecule has 0 radical (unpaired) electrons. The molecule has 0 saturated heterocycles. The van der Waals surface area contributed by atoms with Crippen molar-refractivity contribution in [1.82, 2.24) is 4.72 Å². The van der Waals surface area contributed by atoms with Gasteiger partial charge in [0, 0.05) is 0 Å². The number of nitrogens with one attached hydrogen (secondary N) is 1. The maximum absolute atomic E-state index is 9.80. The Bertz CT molecular complexity index is 142. The normalized spacial score (nSPS) is 12.4. The molecular weight excluding hydrogens is 208 g/mol. The maximum atomic E-state index is 9.80. The second-order valence-electron chi connectivity index (χ2n) is 1.21. The Morgan fingerprint density at radius 3 is 1.89 bits per heavy atom. The lowest BCUT2D eigenvalue weighted by Crippen LogP contribution is -2.24. The summed E-state index contributed by atoms with van der Waals surface area (Å²) in [5, 5.41) is 0. The van der Waals surface area contributed by atoms with E-state index in [1.807, 2.05) is 4.72 Å². The van der Waals surface area contributed by atoms with Crippen molar-refractivity contribution in [2.75, 3.05) is 6.54 Å². The number of alkyl halides is 3. The van der Waals surface area contributed by atoms with E-state index in [-0.39, 0.29) is 6.54 Å². The van der Waals surface area contributed by atoms with Crippen molar-refractivity contribution in [3.8, 4) is 0 Å². The van der Waals surface area contributed by atoms with Gasteiger partial charge in [-0.15, -0.1) is 0 Å². The van der Waals surface area contributed by atoms with E-state index in [1.54, 1.807) is 0 Å². The molecule has 0 aromatic rings. The highest BCUT2D eigenvalue weighted by atomic mass is 35.6. The van der Waals surface area contributed by atoms with Crippen molar-refractivity contribution in [2.45, 2.75) is 3.79 Å². The molecule has 0 heterocycles. The monoisotopic (exact) mass is 211 g/mol. The van der Waals surface area contributed by atoms with E-state index in [4.69, 9.17) is 34.8 Å².